The Bertz CT molecular complexity index is 517. The van der Waals surface area contributed by atoms with Crippen LogP contribution in [-0.2, 0) is 7.05 Å². The molecule has 2 aromatic rings. The molecule has 0 bridgehead atoms. The topological polar surface area (TPSA) is 73.8 Å². The van der Waals surface area contributed by atoms with E-state index in [1.807, 2.05) is 0 Å². The molecule has 0 unspecified atom stereocenters. The van der Waals surface area contributed by atoms with Crippen molar-refractivity contribution < 1.29 is 0 Å². The SMILES string of the molecule is Cl.Cn1nnc2ccc(N)cc2c1=O. The van der Waals surface area contributed by atoms with Crippen molar-refractivity contribution >= 4 is 29.0 Å². The number of nitrogens with zero attached hydrogens (tertiary/aromatic N) is 3. The lowest BCUT2D eigenvalue weighted by atomic mass is 10.2. The van der Waals surface area contributed by atoms with E-state index >= 15 is 0 Å². The van der Waals surface area contributed by atoms with Crippen molar-refractivity contribution in [2.24, 2.45) is 7.05 Å². The first kappa shape index (κ1) is 10.5. The first-order valence-electron chi connectivity index (χ1n) is 3.78. The summed E-state index contributed by atoms with van der Waals surface area (Å²) in [4.78, 5) is 11.5. The number of benzene rings is 1. The third kappa shape index (κ3) is 1.54. The molecule has 0 saturated heterocycles. The van der Waals surface area contributed by atoms with Gasteiger partial charge in [0.15, 0.2) is 0 Å². The number of rotatable bonds is 0. The molecule has 1 aromatic carbocycles. The van der Waals surface area contributed by atoms with Gasteiger partial charge in [-0.1, -0.05) is 5.21 Å². The van der Waals surface area contributed by atoms with Crippen molar-refractivity contribution in [2.75, 3.05) is 5.73 Å². The normalized spacial score (nSPS) is 9.79. The predicted molar refractivity (Wildman–Crippen MR) is 56.4 cm³/mol. The van der Waals surface area contributed by atoms with E-state index in [1.165, 1.54) is 4.68 Å². The summed E-state index contributed by atoms with van der Waals surface area (Å²) in [5, 5.41) is 7.99. The minimum absolute atomic E-state index is 0. The van der Waals surface area contributed by atoms with E-state index in [9.17, 15) is 4.79 Å². The summed E-state index contributed by atoms with van der Waals surface area (Å²) in [5.74, 6) is 0. The average Bonchev–Trinajstić information content (AvgIpc) is 2.12. The van der Waals surface area contributed by atoms with Crippen molar-refractivity contribution in [2.45, 2.75) is 0 Å². The summed E-state index contributed by atoms with van der Waals surface area (Å²) in [6.45, 7) is 0. The quantitative estimate of drug-likeness (QED) is 0.639. The van der Waals surface area contributed by atoms with Crippen LogP contribution < -0.4 is 11.3 Å². The molecule has 2 N–H and O–H groups in total. The van der Waals surface area contributed by atoms with Crippen LogP contribution in [0.25, 0.3) is 10.9 Å². The lowest BCUT2D eigenvalue weighted by Gasteiger charge is -1.98. The van der Waals surface area contributed by atoms with Crippen molar-refractivity contribution in [1.82, 2.24) is 15.0 Å². The highest BCUT2D eigenvalue weighted by Gasteiger charge is 2.01. The molecule has 0 aliphatic rings. The first-order valence-corrected chi connectivity index (χ1v) is 3.78. The average molecular weight is 213 g/mol. The molecule has 0 fully saturated rings. The summed E-state index contributed by atoms with van der Waals surface area (Å²) in [6.07, 6.45) is 0. The van der Waals surface area contributed by atoms with Crippen LogP contribution in [0.1, 0.15) is 0 Å². The molecular weight excluding hydrogens is 204 g/mol. The second kappa shape index (κ2) is 3.63. The van der Waals surface area contributed by atoms with Gasteiger partial charge < -0.3 is 5.73 Å². The van der Waals surface area contributed by atoms with Crippen LogP contribution in [0.2, 0.25) is 0 Å². The van der Waals surface area contributed by atoms with Crippen molar-refractivity contribution in [3.8, 4) is 0 Å². The molecule has 5 nitrogen and oxygen atoms in total. The number of anilines is 1. The Balaban J connectivity index is 0.000000980. The molecule has 2 rings (SSSR count). The minimum atomic E-state index is -0.183. The maximum absolute atomic E-state index is 11.5. The highest BCUT2D eigenvalue weighted by Crippen LogP contribution is 2.09. The van der Waals surface area contributed by atoms with Gasteiger partial charge in [0.25, 0.3) is 5.56 Å². The zero-order chi connectivity index (χ0) is 9.42. The third-order valence-electron chi connectivity index (χ3n) is 1.83. The van der Waals surface area contributed by atoms with E-state index in [0.717, 1.165) is 0 Å². The number of fused-ring (bicyclic) bond motifs is 1. The summed E-state index contributed by atoms with van der Waals surface area (Å²) in [5.41, 5.74) is 6.48. The monoisotopic (exact) mass is 212 g/mol. The molecule has 0 aliphatic heterocycles. The second-order valence-corrected chi connectivity index (χ2v) is 2.79. The Kier molecular flexibility index (Phi) is 2.71. The van der Waals surface area contributed by atoms with Crippen LogP contribution >= 0.6 is 12.4 Å². The zero-order valence-electron chi connectivity index (χ0n) is 7.47. The number of nitrogen functional groups attached to an aromatic ring is 1. The molecule has 0 atom stereocenters. The lowest BCUT2D eigenvalue weighted by Crippen LogP contribution is -2.20. The lowest BCUT2D eigenvalue weighted by molar-refractivity contribution is 0.657. The molecule has 0 spiro atoms. The Morgan fingerprint density at radius 3 is 2.86 bits per heavy atom. The van der Waals surface area contributed by atoms with Crippen molar-refractivity contribution in [3.05, 3.63) is 28.6 Å². The van der Waals surface area contributed by atoms with Crippen LogP contribution in [0.4, 0.5) is 5.69 Å². The molecular formula is C8H9ClN4O. The summed E-state index contributed by atoms with van der Waals surface area (Å²) in [6, 6.07) is 4.97. The fourth-order valence-electron chi connectivity index (χ4n) is 1.14. The first-order chi connectivity index (χ1) is 6.18. The van der Waals surface area contributed by atoms with E-state index in [0.29, 0.717) is 16.6 Å². The Morgan fingerprint density at radius 2 is 2.14 bits per heavy atom. The Labute approximate surface area is 85.9 Å². The number of aryl methyl sites for hydroxylation is 1. The smallest absolute Gasteiger partial charge is 0.277 e. The molecule has 0 radical (unpaired) electrons. The molecule has 1 heterocycles. The maximum atomic E-state index is 11.5. The maximum Gasteiger partial charge on any atom is 0.277 e. The summed E-state index contributed by atoms with van der Waals surface area (Å²) >= 11 is 0. The van der Waals surface area contributed by atoms with Gasteiger partial charge in [0, 0.05) is 12.7 Å². The molecule has 14 heavy (non-hydrogen) atoms. The Morgan fingerprint density at radius 1 is 1.43 bits per heavy atom. The van der Waals surface area contributed by atoms with E-state index in [1.54, 1.807) is 25.2 Å². The van der Waals surface area contributed by atoms with Gasteiger partial charge >= 0.3 is 0 Å². The van der Waals surface area contributed by atoms with Gasteiger partial charge in [0.05, 0.1) is 5.39 Å². The van der Waals surface area contributed by atoms with Gasteiger partial charge in [-0.25, -0.2) is 4.68 Å². The van der Waals surface area contributed by atoms with Crippen LogP contribution in [0, 0.1) is 0 Å². The van der Waals surface area contributed by atoms with Crippen LogP contribution in [-0.4, -0.2) is 15.0 Å². The van der Waals surface area contributed by atoms with E-state index in [2.05, 4.69) is 10.3 Å². The van der Waals surface area contributed by atoms with Crippen LogP contribution in [0.15, 0.2) is 23.0 Å². The molecule has 6 heteroatoms. The van der Waals surface area contributed by atoms with E-state index < -0.39 is 0 Å². The van der Waals surface area contributed by atoms with Crippen LogP contribution in [0.3, 0.4) is 0 Å². The van der Waals surface area contributed by atoms with Crippen molar-refractivity contribution in [1.29, 1.82) is 0 Å². The zero-order valence-corrected chi connectivity index (χ0v) is 8.28. The summed E-state index contributed by atoms with van der Waals surface area (Å²) < 4.78 is 1.18. The number of aromatic nitrogens is 3. The number of halogens is 1. The number of nitrogens with two attached hydrogens (primary N) is 1. The Hall–Kier alpha value is -1.62. The molecule has 0 amide bonds. The second-order valence-electron chi connectivity index (χ2n) is 2.79. The number of hydrogen-bond donors (Lipinski definition) is 1. The van der Waals surface area contributed by atoms with Gasteiger partial charge in [-0.3, -0.25) is 4.79 Å². The van der Waals surface area contributed by atoms with E-state index in [4.69, 9.17) is 5.73 Å². The fraction of sp³-hybridized carbons (Fsp3) is 0.125. The fourth-order valence-corrected chi connectivity index (χ4v) is 1.14. The molecule has 74 valence electrons. The van der Waals surface area contributed by atoms with Gasteiger partial charge in [-0.15, -0.1) is 17.5 Å². The van der Waals surface area contributed by atoms with Gasteiger partial charge in [-0.05, 0) is 18.2 Å². The standard InChI is InChI=1S/C8H8N4O.ClH/c1-12-8(13)6-4-5(9)2-3-7(6)10-11-12;/h2-4H,9H2,1H3;1H. The van der Waals surface area contributed by atoms with Crippen molar-refractivity contribution in [3.63, 3.8) is 0 Å². The van der Waals surface area contributed by atoms with Gasteiger partial charge in [-0.2, -0.15) is 0 Å². The minimum Gasteiger partial charge on any atom is -0.399 e. The molecule has 0 aliphatic carbocycles. The predicted octanol–water partition coefficient (Wildman–Crippen LogP) is 0.332. The van der Waals surface area contributed by atoms with Gasteiger partial charge in [0.1, 0.15) is 5.52 Å². The van der Waals surface area contributed by atoms with Crippen LogP contribution in [0.5, 0.6) is 0 Å². The summed E-state index contributed by atoms with van der Waals surface area (Å²) in [7, 11) is 1.55. The van der Waals surface area contributed by atoms with Gasteiger partial charge in [0.2, 0.25) is 0 Å². The molecule has 1 aromatic heterocycles. The molecule has 0 saturated carbocycles. The highest BCUT2D eigenvalue weighted by atomic mass is 35.5. The van der Waals surface area contributed by atoms with E-state index in [-0.39, 0.29) is 18.0 Å². The third-order valence-corrected chi connectivity index (χ3v) is 1.83. The highest BCUT2D eigenvalue weighted by molar-refractivity contribution is 5.85. The largest absolute Gasteiger partial charge is 0.399 e. The number of hydrogen-bond acceptors (Lipinski definition) is 4.